The van der Waals surface area contributed by atoms with Gasteiger partial charge in [0.1, 0.15) is 5.69 Å². The van der Waals surface area contributed by atoms with Crippen molar-refractivity contribution in [3.05, 3.63) is 58.3 Å². The summed E-state index contributed by atoms with van der Waals surface area (Å²) < 4.78 is 1.00. The molecule has 0 aliphatic carbocycles. The SMILES string of the molecule is O=C(NCc1ccccc1Br)c1ccc[nH]1. The fourth-order valence-corrected chi connectivity index (χ4v) is 1.81. The Hall–Kier alpha value is -1.55. The van der Waals surface area contributed by atoms with Crippen molar-refractivity contribution in [2.75, 3.05) is 0 Å². The lowest BCUT2D eigenvalue weighted by atomic mass is 10.2. The maximum absolute atomic E-state index is 11.6. The normalized spacial score (nSPS) is 10.1. The van der Waals surface area contributed by atoms with E-state index in [0.717, 1.165) is 10.0 Å². The van der Waals surface area contributed by atoms with E-state index in [1.54, 1.807) is 18.3 Å². The first-order chi connectivity index (χ1) is 7.77. The van der Waals surface area contributed by atoms with Crippen molar-refractivity contribution in [1.29, 1.82) is 0 Å². The zero-order valence-corrected chi connectivity index (χ0v) is 10.1. The molecule has 0 aliphatic rings. The van der Waals surface area contributed by atoms with Crippen LogP contribution in [-0.2, 0) is 6.54 Å². The van der Waals surface area contributed by atoms with Crippen LogP contribution in [-0.4, -0.2) is 10.9 Å². The number of carbonyl (C=O) groups excluding carboxylic acids is 1. The van der Waals surface area contributed by atoms with Crippen molar-refractivity contribution in [2.45, 2.75) is 6.54 Å². The molecule has 0 aliphatic heterocycles. The standard InChI is InChI=1S/C12H11BrN2O/c13-10-5-2-1-4-9(10)8-15-12(16)11-6-3-7-14-11/h1-7,14H,8H2,(H,15,16). The highest BCUT2D eigenvalue weighted by atomic mass is 79.9. The Kier molecular flexibility index (Phi) is 3.41. The van der Waals surface area contributed by atoms with Crippen LogP contribution < -0.4 is 5.32 Å². The van der Waals surface area contributed by atoms with Gasteiger partial charge in [-0.15, -0.1) is 0 Å². The number of aromatic nitrogens is 1. The highest BCUT2D eigenvalue weighted by molar-refractivity contribution is 9.10. The molecule has 1 heterocycles. The van der Waals surface area contributed by atoms with Crippen LogP contribution in [0.5, 0.6) is 0 Å². The molecule has 2 rings (SSSR count). The lowest BCUT2D eigenvalue weighted by Gasteiger charge is -2.05. The molecule has 2 N–H and O–H groups in total. The van der Waals surface area contributed by atoms with E-state index in [2.05, 4.69) is 26.2 Å². The van der Waals surface area contributed by atoms with Gasteiger partial charge in [-0.1, -0.05) is 34.1 Å². The number of amides is 1. The van der Waals surface area contributed by atoms with E-state index in [9.17, 15) is 4.79 Å². The number of hydrogen-bond acceptors (Lipinski definition) is 1. The molecule has 0 spiro atoms. The van der Waals surface area contributed by atoms with Crippen molar-refractivity contribution in [3.8, 4) is 0 Å². The molecule has 1 amide bonds. The van der Waals surface area contributed by atoms with Gasteiger partial charge in [0.15, 0.2) is 0 Å². The number of halogens is 1. The smallest absolute Gasteiger partial charge is 0.267 e. The maximum Gasteiger partial charge on any atom is 0.267 e. The third kappa shape index (κ3) is 2.52. The van der Waals surface area contributed by atoms with E-state index < -0.39 is 0 Å². The monoisotopic (exact) mass is 278 g/mol. The van der Waals surface area contributed by atoms with E-state index in [4.69, 9.17) is 0 Å². The van der Waals surface area contributed by atoms with E-state index >= 15 is 0 Å². The molecule has 0 bridgehead atoms. The summed E-state index contributed by atoms with van der Waals surface area (Å²) in [7, 11) is 0. The number of hydrogen-bond donors (Lipinski definition) is 2. The van der Waals surface area contributed by atoms with Crippen molar-refractivity contribution < 1.29 is 4.79 Å². The van der Waals surface area contributed by atoms with Gasteiger partial charge in [-0.2, -0.15) is 0 Å². The van der Waals surface area contributed by atoms with Crippen LogP contribution in [0.4, 0.5) is 0 Å². The second-order valence-electron chi connectivity index (χ2n) is 3.36. The number of aromatic amines is 1. The third-order valence-corrected chi connectivity index (χ3v) is 3.01. The minimum absolute atomic E-state index is 0.0965. The first kappa shape index (κ1) is 11.0. The predicted octanol–water partition coefficient (Wildman–Crippen LogP) is 2.71. The minimum Gasteiger partial charge on any atom is -0.357 e. The van der Waals surface area contributed by atoms with E-state index in [-0.39, 0.29) is 5.91 Å². The zero-order valence-electron chi connectivity index (χ0n) is 8.53. The van der Waals surface area contributed by atoms with Gasteiger partial charge in [-0.05, 0) is 23.8 Å². The van der Waals surface area contributed by atoms with Crippen molar-refractivity contribution in [3.63, 3.8) is 0 Å². The van der Waals surface area contributed by atoms with Crippen LogP contribution in [0.2, 0.25) is 0 Å². The van der Waals surface area contributed by atoms with E-state index in [1.807, 2.05) is 24.3 Å². The molecular formula is C12H11BrN2O. The summed E-state index contributed by atoms with van der Waals surface area (Å²) in [6.07, 6.45) is 1.73. The van der Waals surface area contributed by atoms with Gasteiger partial charge in [0.2, 0.25) is 0 Å². The predicted molar refractivity (Wildman–Crippen MR) is 66.1 cm³/mol. The maximum atomic E-state index is 11.6. The Balaban J connectivity index is 1.98. The molecular weight excluding hydrogens is 268 g/mol. The lowest BCUT2D eigenvalue weighted by molar-refractivity contribution is 0.0946. The Morgan fingerprint density at radius 1 is 1.25 bits per heavy atom. The molecule has 3 nitrogen and oxygen atoms in total. The molecule has 4 heteroatoms. The van der Waals surface area contributed by atoms with Gasteiger partial charge >= 0.3 is 0 Å². The highest BCUT2D eigenvalue weighted by Crippen LogP contribution is 2.15. The number of benzene rings is 1. The van der Waals surface area contributed by atoms with Gasteiger partial charge in [-0.3, -0.25) is 4.79 Å². The van der Waals surface area contributed by atoms with Crippen LogP contribution in [0, 0.1) is 0 Å². The Morgan fingerprint density at radius 2 is 2.06 bits per heavy atom. The second kappa shape index (κ2) is 4.99. The van der Waals surface area contributed by atoms with Crippen LogP contribution in [0.3, 0.4) is 0 Å². The lowest BCUT2D eigenvalue weighted by Crippen LogP contribution is -2.23. The number of H-pyrrole nitrogens is 1. The van der Waals surface area contributed by atoms with Gasteiger partial charge in [0.05, 0.1) is 0 Å². The molecule has 0 saturated heterocycles. The van der Waals surface area contributed by atoms with Crippen LogP contribution in [0.25, 0.3) is 0 Å². The average molecular weight is 279 g/mol. The average Bonchev–Trinajstić information content (AvgIpc) is 2.81. The second-order valence-corrected chi connectivity index (χ2v) is 4.21. The summed E-state index contributed by atoms with van der Waals surface area (Å²) in [5, 5.41) is 2.84. The molecule has 16 heavy (non-hydrogen) atoms. The Labute approximate surface area is 102 Å². The quantitative estimate of drug-likeness (QED) is 0.891. The van der Waals surface area contributed by atoms with Gasteiger partial charge in [-0.25, -0.2) is 0 Å². The molecule has 82 valence electrons. The summed E-state index contributed by atoms with van der Waals surface area (Å²) >= 11 is 3.44. The number of rotatable bonds is 3. The van der Waals surface area contributed by atoms with E-state index in [0.29, 0.717) is 12.2 Å². The van der Waals surface area contributed by atoms with Crippen molar-refractivity contribution in [2.24, 2.45) is 0 Å². The number of carbonyl (C=O) groups is 1. The molecule has 0 unspecified atom stereocenters. The molecule has 2 aromatic rings. The fourth-order valence-electron chi connectivity index (χ4n) is 1.38. The molecule has 0 saturated carbocycles. The largest absolute Gasteiger partial charge is 0.357 e. The highest BCUT2D eigenvalue weighted by Gasteiger charge is 2.05. The van der Waals surface area contributed by atoms with E-state index in [1.165, 1.54) is 0 Å². The van der Waals surface area contributed by atoms with Gasteiger partial charge in [0, 0.05) is 17.2 Å². The Bertz CT molecular complexity index is 480. The topological polar surface area (TPSA) is 44.9 Å². The summed E-state index contributed by atoms with van der Waals surface area (Å²) in [6, 6.07) is 11.4. The van der Waals surface area contributed by atoms with Crippen LogP contribution >= 0.6 is 15.9 Å². The summed E-state index contributed by atoms with van der Waals surface area (Å²) in [5.74, 6) is -0.0965. The summed E-state index contributed by atoms with van der Waals surface area (Å²) in [4.78, 5) is 14.5. The van der Waals surface area contributed by atoms with Crippen molar-refractivity contribution in [1.82, 2.24) is 10.3 Å². The van der Waals surface area contributed by atoms with Gasteiger partial charge in [0.25, 0.3) is 5.91 Å². The first-order valence-corrected chi connectivity index (χ1v) is 5.71. The van der Waals surface area contributed by atoms with Crippen molar-refractivity contribution >= 4 is 21.8 Å². The molecule has 1 aromatic carbocycles. The van der Waals surface area contributed by atoms with Crippen LogP contribution in [0.1, 0.15) is 16.1 Å². The van der Waals surface area contributed by atoms with Crippen LogP contribution in [0.15, 0.2) is 47.1 Å². The zero-order chi connectivity index (χ0) is 11.4. The summed E-state index contributed by atoms with van der Waals surface area (Å²) in [5.41, 5.74) is 1.63. The summed E-state index contributed by atoms with van der Waals surface area (Å²) in [6.45, 7) is 0.513. The first-order valence-electron chi connectivity index (χ1n) is 4.92. The third-order valence-electron chi connectivity index (χ3n) is 2.24. The number of nitrogens with one attached hydrogen (secondary N) is 2. The molecule has 0 fully saturated rings. The van der Waals surface area contributed by atoms with Gasteiger partial charge < -0.3 is 10.3 Å². The molecule has 1 aromatic heterocycles. The Morgan fingerprint density at radius 3 is 2.75 bits per heavy atom. The minimum atomic E-state index is -0.0965. The molecule has 0 atom stereocenters. The fraction of sp³-hybridized carbons (Fsp3) is 0.0833. The molecule has 0 radical (unpaired) electrons.